The van der Waals surface area contributed by atoms with E-state index in [1.54, 1.807) is 0 Å². The lowest BCUT2D eigenvalue weighted by Crippen LogP contribution is -2.54. The van der Waals surface area contributed by atoms with Crippen LogP contribution in [0.5, 0.6) is 0 Å². The van der Waals surface area contributed by atoms with Crippen LogP contribution < -0.4 is 0 Å². The van der Waals surface area contributed by atoms with E-state index in [4.69, 9.17) is 18.3 Å². The average molecular weight is 318 g/mol. The molecule has 0 aromatic rings. The van der Waals surface area contributed by atoms with E-state index in [9.17, 15) is 9.59 Å². The molecule has 0 radical (unpaired) electrons. The zero-order valence-electron chi connectivity index (χ0n) is 12.8. The number of rotatable bonds is 4. The van der Waals surface area contributed by atoms with E-state index in [2.05, 4.69) is 0 Å². The number of ketones is 1. The van der Waals surface area contributed by atoms with E-state index in [-0.39, 0.29) is 6.61 Å². The molecule has 0 amide bonds. The molecule has 0 saturated carbocycles. The Morgan fingerprint density at radius 3 is 2.20 bits per heavy atom. The van der Waals surface area contributed by atoms with Gasteiger partial charge < -0.3 is 18.3 Å². The van der Waals surface area contributed by atoms with Crippen LogP contribution in [0.3, 0.4) is 0 Å². The highest BCUT2D eigenvalue weighted by atomic mass is 28.4. The highest BCUT2D eigenvalue weighted by Crippen LogP contribution is 2.40. The molecular formula is C12H22O6Si2. The Balaban J connectivity index is 2.28. The van der Waals surface area contributed by atoms with Crippen LogP contribution in [0.4, 0.5) is 0 Å². The fourth-order valence-electron chi connectivity index (χ4n) is 2.42. The molecule has 0 N–H and O–H groups in total. The summed E-state index contributed by atoms with van der Waals surface area (Å²) in [7, 11) is -3.94. The van der Waals surface area contributed by atoms with Crippen molar-refractivity contribution >= 4 is 28.4 Å². The topological polar surface area (TPSA) is 71.1 Å². The Labute approximate surface area is 121 Å². The average Bonchev–Trinajstić information content (AvgIpc) is 2.64. The molecule has 0 aliphatic carbocycles. The standard InChI is InChI=1S/C12H22O6Si2/c1-19(2,3)17-8-7-15-12(18-20(4,5)6)9(13)11(14)16-10(8)12/h8,10H,7H2,1-6H3/t8-,10?,12-/m0/s1. The molecule has 0 bridgehead atoms. The second kappa shape index (κ2) is 4.74. The number of Topliss-reactive ketones (excluding diaryl/α,β-unsaturated/α-hetero) is 1. The van der Waals surface area contributed by atoms with E-state index >= 15 is 0 Å². The number of carbonyl (C=O) groups is 2. The van der Waals surface area contributed by atoms with Gasteiger partial charge in [-0.15, -0.1) is 0 Å². The third kappa shape index (κ3) is 2.89. The number of hydrogen-bond acceptors (Lipinski definition) is 6. The summed E-state index contributed by atoms with van der Waals surface area (Å²) >= 11 is 0. The summed E-state index contributed by atoms with van der Waals surface area (Å²) in [5.74, 6) is -3.23. The fourth-order valence-corrected chi connectivity index (χ4v) is 4.70. The van der Waals surface area contributed by atoms with E-state index in [0.717, 1.165) is 0 Å². The molecule has 8 heteroatoms. The number of esters is 1. The number of hydrogen-bond donors (Lipinski definition) is 0. The normalized spacial score (nSPS) is 34.3. The van der Waals surface area contributed by atoms with E-state index in [1.165, 1.54) is 0 Å². The van der Waals surface area contributed by atoms with Crippen molar-refractivity contribution in [1.82, 2.24) is 0 Å². The number of fused-ring (bicyclic) bond motifs is 1. The lowest BCUT2D eigenvalue weighted by molar-refractivity contribution is -0.181. The first kappa shape index (κ1) is 15.8. The summed E-state index contributed by atoms with van der Waals surface area (Å²) < 4.78 is 22.6. The molecule has 3 atom stereocenters. The molecule has 0 aromatic heterocycles. The van der Waals surface area contributed by atoms with Crippen LogP contribution in [0.15, 0.2) is 0 Å². The molecule has 2 fully saturated rings. The van der Waals surface area contributed by atoms with Crippen molar-refractivity contribution in [2.75, 3.05) is 6.61 Å². The van der Waals surface area contributed by atoms with Gasteiger partial charge in [0.2, 0.25) is 0 Å². The zero-order chi connectivity index (χ0) is 15.3. The van der Waals surface area contributed by atoms with Crippen LogP contribution in [0, 0.1) is 0 Å². The summed E-state index contributed by atoms with van der Waals surface area (Å²) in [5, 5.41) is 0. The summed E-state index contributed by atoms with van der Waals surface area (Å²) in [6, 6.07) is 0. The molecular weight excluding hydrogens is 296 g/mol. The molecule has 2 rings (SSSR count). The Kier molecular flexibility index (Phi) is 3.75. The monoisotopic (exact) mass is 318 g/mol. The predicted molar refractivity (Wildman–Crippen MR) is 76.2 cm³/mol. The van der Waals surface area contributed by atoms with Gasteiger partial charge in [-0.1, -0.05) is 0 Å². The summed E-state index contributed by atoms with van der Waals surface area (Å²) in [4.78, 5) is 23.8. The molecule has 114 valence electrons. The molecule has 2 saturated heterocycles. The van der Waals surface area contributed by atoms with Gasteiger partial charge in [-0.3, -0.25) is 4.79 Å². The van der Waals surface area contributed by atoms with Gasteiger partial charge in [0, 0.05) is 0 Å². The first-order chi connectivity index (χ1) is 8.95. The van der Waals surface area contributed by atoms with Gasteiger partial charge in [-0.05, 0) is 39.3 Å². The van der Waals surface area contributed by atoms with Crippen molar-refractivity contribution in [3.8, 4) is 0 Å². The minimum atomic E-state index is -2.10. The Bertz CT molecular complexity index is 438. The smallest absolute Gasteiger partial charge is 0.381 e. The maximum Gasteiger partial charge on any atom is 0.381 e. The second-order valence-electron chi connectivity index (χ2n) is 7.12. The van der Waals surface area contributed by atoms with Crippen LogP contribution in [0.1, 0.15) is 0 Å². The first-order valence-corrected chi connectivity index (χ1v) is 13.5. The summed E-state index contributed by atoms with van der Waals surface area (Å²) in [6.07, 6.45) is -1.23. The molecule has 0 aromatic carbocycles. The molecule has 20 heavy (non-hydrogen) atoms. The van der Waals surface area contributed by atoms with Crippen molar-refractivity contribution < 1.29 is 27.9 Å². The SMILES string of the molecule is C[Si](C)(C)O[C@H]1CO[C@]2(O[Si](C)(C)C)C(=O)C(=O)OC12. The Morgan fingerprint density at radius 1 is 1.10 bits per heavy atom. The minimum Gasteiger partial charge on any atom is -0.447 e. The van der Waals surface area contributed by atoms with Crippen LogP contribution in [0.25, 0.3) is 0 Å². The maximum absolute atomic E-state index is 12.2. The molecule has 6 nitrogen and oxygen atoms in total. The van der Waals surface area contributed by atoms with Crippen molar-refractivity contribution in [1.29, 1.82) is 0 Å². The van der Waals surface area contributed by atoms with Gasteiger partial charge >= 0.3 is 11.8 Å². The largest absolute Gasteiger partial charge is 0.447 e. The van der Waals surface area contributed by atoms with Crippen molar-refractivity contribution in [2.45, 2.75) is 57.3 Å². The van der Waals surface area contributed by atoms with Gasteiger partial charge in [-0.2, -0.15) is 0 Å². The zero-order valence-corrected chi connectivity index (χ0v) is 14.8. The molecule has 2 aliphatic heterocycles. The van der Waals surface area contributed by atoms with Crippen LogP contribution in [-0.4, -0.2) is 53.0 Å². The van der Waals surface area contributed by atoms with Gasteiger partial charge in [-0.25, -0.2) is 4.79 Å². The number of ether oxygens (including phenoxy) is 2. The summed E-state index contributed by atoms with van der Waals surface area (Å²) in [5.41, 5.74) is 0. The van der Waals surface area contributed by atoms with E-state index < -0.39 is 46.4 Å². The third-order valence-corrected chi connectivity index (χ3v) is 4.80. The second-order valence-corrected chi connectivity index (χ2v) is 16.0. The Morgan fingerprint density at radius 2 is 1.70 bits per heavy atom. The maximum atomic E-state index is 12.2. The van der Waals surface area contributed by atoms with Gasteiger partial charge in [0.25, 0.3) is 5.79 Å². The lowest BCUT2D eigenvalue weighted by Gasteiger charge is -2.32. The minimum absolute atomic E-state index is 0.207. The van der Waals surface area contributed by atoms with Crippen molar-refractivity contribution in [2.24, 2.45) is 0 Å². The van der Waals surface area contributed by atoms with Crippen LogP contribution in [-0.2, 0) is 27.9 Å². The molecule has 0 spiro atoms. The van der Waals surface area contributed by atoms with Crippen molar-refractivity contribution in [3.05, 3.63) is 0 Å². The van der Waals surface area contributed by atoms with Crippen LogP contribution in [0.2, 0.25) is 39.3 Å². The highest BCUT2D eigenvalue weighted by Gasteiger charge is 2.68. The van der Waals surface area contributed by atoms with Gasteiger partial charge in [0.15, 0.2) is 22.7 Å². The van der Waals surface area contributed by atoms with Gasteiger partial charge in [0.05, 0.1) is 6.61 Å². The third-order valence-electron chi connectivity index (χ3n) is 2.87. The summed E-state index contributed by atoms with van der Waals surface area (Å²) in [6.45, 7) is 12.1. The Hall–Kier alpha value is -0.546. The molecule has 2 aliphatic rings. The molecule has 2 heterocycles. The molecule has 1 unspecified atom stereocenters. The van der Waals surface area contributed by atoms with Gasteiger partial charge in [0.1, 0.15) is 6.10 Å². The van der Waals surface area contributed by atoms with E-state index in [0.29, 0.717) is 0 Å². The quantitative estimate of drug-likeness (QED) is 0.442. The number of carbonyl (C=O) groups excluding carboxylic acids is 2. The first-order valence-electron chi connectivity index (χ1n) is 6.72. The van der Waals surface area contributed by atoms with E-state index in [1.807, 2.05) is 39.3 Å². The fraction of sp³-hybridized carbons (Fsp3) is 0.833. The lowest BCUT2D eigenvalue weighted by atomic mass is 10.1. The predicted octanol–water partition coefficient (Wildman–Crippen LogP) is 1.28. The van der Waals surface area contributed by atoms with Crippen LogP contribution >= 0.6 is 0 Å². The van der Waals surface area contributed by atoms with Crippen molar-refractivity contribution in [3.63, 3.8) is 0 Å². The highest BCUT2D eigenvalue weighted by molar-refractivity contribution is 6.70.